The quantitative estimate of drug-likeness (QED) is 0.403. The lowest BCUT2D eigenvalue weighted by Gasteiger charge is -2.39. The molecule has 5 nitrogen and oxygen atoms in total. The summed E-state index contributed by atoms with van der Waals surface area (Å²) in [4.78, 5) is 6.40. The largest absolute Gasteiger partial charge is 0.352 e. The number of aryl methyl sites for hydroxylation is 3. The molecule has 1 aromatic carbocycles. The van der Waals surface area contributed by atoms with Crippen molar-refractivity contribution in [1.29, 1.82) is 0 Å². The molecule has 2 rings (SSSR count). The Bertz CT molecular complexity index is 735. The van der Waals surface area contributed by atoms with Crippen LogP contribution < -0.4 is 5.32 Å². The molecule has 0 atom stereocenters. The second kappa shape index (κ2) is 8.24. The van der Waals surface area contributed by atoms with Gasteiger partial charge in [0.05, 0.1) is 10.5 Å². The number of halogens is 1. The van der Waals surface area contributed by atoms with Gasteiger partial charge in [0.25, 0.3) is 0 Å². The molecule has 0 unspecified atom stereocenters. The normalized spacial score (nSPS) is 19.3. The van der Waals surface area contributed by atoms with E-state index in [0.717, 1.165) is 5.96 Å². The van der Waals surface area contributed by atoms with E-state index < -0.39 is 14.6 Å². The van der Waals surface area contributed by atoms with Gasteiger partial charge < -0.3 is 10.2 Å². The zero-order chi connectivity index (χ0) is 18.1. The molecule has 0 radical (unpaired) electrons. The summed E-state index contributed by atoms with van der Waals surface area (Å²) in [6.07, 6.45) is 0. The summed E-state index contributed by atoms with van der Waals surface area (Å²) >= 11 is 0. The van der Waals surface area contributed by atoms with Gasteiger partial charge in [-0.3, -0.25) is 4.99 Å². The molecule has 25 heavy (non-hydrogen) atoms. The van der Waals surface area contributed by atoms with E-state index in [1.807, 2.05) is 4.90 Å². The molecule has 0 amide bonds. The van der Waals surface area contributed by atoms with E-state index >= 15 is 0 Å². The number of hydrogen-bond acceptors (Lipinski definition) is 3. The smallest absolute Gasteiger partial charge is 0.193 e. The molecule has 7 heteroatoms. The number of aliphatic imine (C=N–C) groups is 1. The lowest BCUT2D eigenvalue weighted by molar-refractivity contribution is 0.353. The molecular formula is C18H30IN3O2S. The van der Waals surface area contributed by atoms with Crippen molar-refractivity contribution in [3.8, 4) is 0 Å². The molecule has 1 aliphatic heterocycles. The van der Waals surface area contributed by atoms with Crippen molar-refractivity contribution in [2.75, 3.05) is 25.9 Å². The van der Waals surface area contributed by atoms with Gasteiger partial charge in [0.15, 0.2) is 15.8 Å². The van der Waals surface area contributed by atoms with Gasteiger partial charge in [-0.25, -0.2) is 8.42 Å². The highest BCUT2D eigenvalue weighted by molar-refractivity contribution is 14.0. The molecule has 1 fully saturated rings. The number of rotatable bonds is 2. The van der Waals surface area contributed by atoms with E-state index in [4.69, 9.17) is 0 Å². The minimum Gasteiger partial charge on any atom is -0.352 e. The fourth-order valence-corrected chi connectivity index (χ4v) is 4.68. The number of benzene rings is 1. The zero-order valence-corrected chi connectivity index (χ0v) is 19.2. The fourth-order valence-electron chi connectivity index (χ4n) is 3.31. The average molecular weight is 479 g/mol. The van der Waals surface area contributed by atoms with Crippen molar-refractivity contribution in [1.82, 2.24) is 10.2 Å². The van der Waals surface area contributed by atoms with Crippen LogP contribution in [-0.2, 0) is 16.4 Å². The van der Waals surface area contributed by atoms with Gasteiger partial charge in [-0.05, 0) is 51.3 Å². The van der Waals surface area contributed by atoms with Crippen LogP contribution in [0.4, 0.5) is 0 Å². The van der Waals surface area contributed by atoms with Crippen molar-refractivity contribution in [3.63, 3.8) is 0 Å². The number of hydrogen-bond donors (Lipinski definition) is 1. The van der Waals surface area contributed by atoms with Crippen molar-refractivity contribution in [2.24, 2.45) is 4.99 Å². The lowest BCUT2D eigenvalue weighted by atomic mass is 10.00. The number of nitrogens with zero attached hydrogens (tertiary/aromatic N) is 2. The van der Waals surface area contributed by atoms with Gasteiger partial charge in [-0.1, -0.05) is 17.7 Å². The maximum atomic E-state index is 12.2. The predicted molar refractivity (Wildman–Crippen MR) is 116 cm³/mol. The average Bonchev–Trinajstić information content (AvgIpc) is 2.45. The molecule has 1 saturated heterocycles. The van der Waals surface area contributed by atoms with Crippen LogP contribution in [0.3, 0.4) is 0 Å². The Morgan fingerprint density at radius 3 is 2.28 bits per heavy atom. The Morgan fingerprint density at radius 1 is 1.24 bits per heavy atom. The molecule has 0 saturated carbocycles. The van der Waals surface area contributed by atoms with E-state index in [9.17, 15) is 8.42 Å². The summed E-state index contributed by atoms with van der Waals surface area (Å²) in [5.41, 5.74) is 5.06. The van der Waals surface area contributed by atoms with Crippen molar-refractivity contribution in [3.05, 3.63) is 34.4 Å². The van der Waals surface area contributed by atoms with Crippen LogP contribution >= 0.6 is 24.0 Å². The molecule has 0 aromatic heterocycles. The SMILES string of the molecule is CN=C(NCc1c(C)cc(C)cc1C)N1CCS(=O)(=O)C(C)(C)C1.I. The Hall–Kier alpha value is -0.830. The zero-order valence-electron chi connectivity index (χ0n) is 16.0. The van der Waals surface area contributed by atoms with E-state index in [-0.39, 0.29) is 29.7 Å². The van der Waals surface area contributed by atoms with Crippen molar-refractivity contribution < 1.29 is 8.42 Å². The molecule has 142 valence electrons. The first kappa shape index (κ1) is 22.2. The van der Waals surface area contributed by atoms with E-state index in [0.29, 0.717) is 19.6 Å². The molecule has 0 aliphatic carbocycles. The van der Waals surface area contributed by atoms with Gasteiger partial charge in [0.1, 0.15) is 0 Å². The Labute approximate surface area is 169 Å². The second-order valence-corrected chi connectivity index (χ2v) is 10.0. The topological polar surface area (TPSA) is 61.8 Å². The van der Waals surface area contributed by atoms with Gasteiger partial charge in [-0.2, -0.15) is 0 Å². The van der Waals surface area contributed by atoms with Gasteiger partial charge in [0.2, 0.25) is 0 Å². The number of nitrogens with one attached hydrogen (secondary N) is 1. The lowest BCUT2D eigenvalue weighted by Crippen LogP contribution is -2.57. The molecule has 1 N–H and O–H groups in total. The molecule has 1 aliphatic rings. The number of guanidine groups is 1. The minimum absolute atomic E-state index is 0. The monoisotopic (exact) mass is 479 g/mol. The second-order valence-electron chi connectivity index (χ2n) is 7.28. The molecule has 0 bridgehead atoms. The first-order chi connectivity index (χ1) is 11.1. The molecule has 1 aromatic rings. The molecule has 1 heterocycles. The van der Waals surface area contributed by atoms with Crippen LogP contribution in [0.1, 0.15) is 36.1 Å². The Morgan fingerprint density at radius 2 is 1.80 bits per heavy atom. The molecule has 0 spiro atoms. The van der Waals surface area contributed by atoms with Gasteiger partial charge >= 0.3 is 0 Å². The van der Waals surface area contributed by atoms with Crippen LogP contribution in [0.5, 0.6) is 0 Å². The van der Waals surface area contributed by atoms with Crippen LogP contribution in [0, 0.1) is 20.8 Å². The summed E-state index contributed by atoms with van der Waals surface area (Å²) in [5.74, 6) is 0.931. The highest BCUT2D eigenvalue weighted by Crippen LogP contribution is 2.24. The van der Waals surface area contributed by atoms with Crippen LogP contribution in [0.25, 0.3) is 0 Å². The molecular weight excluding hydrogens is 449 g/mol. The van der Waals surface area contributed by atoms with E-state index in [2.05, 4.69) is 43.2 Å². The highest BCUT2D eigenvalue weighted by Gasteiger charge is 2.40. The third-order valence-corrected chi connectivity index (χ3v) is 7.35. The van der Waals surface area contributed by atoms with E-state index in [1.54, 1.807) is 20.9 Å². The van der Waals surface area contributed by atoms with Gasteiger partial charge in [-0.15, -0.1) is 24.0 Å². The number of sulfone groups is 1. The maximum Gasteiger partial charge on any atom is 0.193 e. The highest BCUT2D eigenvalue weighted by atomic mass is 127. The van der Waals surface area contributed by atoms with Crippen molar-refractivity contribution in [2.45, 2.75) is 45.9 Å². The van der Waals surface area contributed by atoms with Gasteiger partial charge in [0, 0.05) is 26.7 Å². The third kappa shape index (κ3) is 4.87. The van der Waals surface area contributed by atoms with E-state index in [1.165, 1.54) is 22.3 Å². The minimum atomic E-state index is -3.05. The first-order valence-electron chi connectivity index (χ1n) is 8.32. The summed E-state index contributed by atoms with van der Waals surface area (Å²) < 4.78 is 23.6. The summed E-state index contributed by atoms with van der Waals surface area (Å²) in [5, 5.41) is 3.40. The predicted octanol–water partition coefficient (Wildman–Crippen LogP) is 2.81. The maximum absolute atomic E-state index is 12.2. The Balaban J connectivity index is 0.00000312. The van der Waals surface area contributed by atoms with Crippen molar-refractivity contribution >= 4 is 39.8 Å². The summed E-state index contributed by atoms with van der Waals surface area (Å²) in [7, 11) is -1.30. The first-order valence-corrected chi connectivity index (χ1v) is 9.97. The third-order valence-electron chi connectivity index (χ3n) is 4.82. The summed E-state index contributed by atoms with van der Waals surface area (Å²) in [6.45, 7) is 11.6. The van der Waals surface area contributed by atoms with Crippen LogP contribution in [-0.4, -0.2) is 49.9 Å². The van der Waals surface area contributed by atoms with Crippen LogP contribution in [0.15, 0.2) is 17.1 Å². The standard InChI is InChI=1S/C18H29N3O2S.HI/c1-13-9-14(2)16(15(3)10-13)11-20-17(19-6)21-7-8-24(22,23)18(4,5)12-21;/h9-10H,7-8,11-12H2,1-6H3,(H,19,20);1H. The summed E-state index contributed by atoms with van der Waals surface area (Å²) in [6, 6.07) is 4.37. The fraction of sp³-hybridized carbons (Fsp3) is 0.611. The Kier molecular flexibility index (Phi) is 7.32. The van der Waals surface area contributed by atoms with Crippen LogP contribution in [0.2, 0.25) is 0 Å².